The number of hydrogen-bond donors (Lipinski definition) is 2. The number of para-hydroxylation sites is 1. The van der Waals surface area contributed by atoms with Gasteiger partial charge in [0.2, 0.25) is 0 Å². The number of benzene rings is 3. The molecule has 0 radical (unpaired) electrons. The van der Waals surface area contributed by atoms with E-state index >= 15 is 0 Å². The number of nitrogens with zero attached hydrogens (tertiary/aromatic N) is 2. The molecule has 0 saturated carbocycles. The molecule has 2 N–H and O–H groups in total. The number of thiazole rings is 1. The summed E-state index contributed by atoms with van der Waals surface area (Å²) in [4.78, 5) is 32.7. The van der Waals surface area contributed by atoms with Gasteiger partial charge in [-0.15, -0.1) is 0 Å². The third-order valence-electron chi connectivity index (χ3n) is 6.37. The van der Waals surface area contributed by atoms with Crippen LogP contribution < -0.4 is 29.7 Å². The number of ether oxygens (including phenoxy) is 2. The van der Waals surface area contributed by atoms with Crippen molar-refractivity contribution in [2.24, 2.45) is 4.99 Å². The smallest absolute Gasteiger partial charge is 0.271 e. The molecule has 5 rings (SSSR count). The van der Waals surface area contributed by atoms with Crippen molar-refractivity contribution in [3.05, 3.63) is 114 Å². The topological polar surface area (TPSA) is 102 Å². The highest BCUT2D eigenvalue weighted by Crippen LogP contribution is 2.35. The van der Waals surface area contributed by atoms with Crippen LogP contribution in [0.1, 0.15) is 31.0 Å². The van der Waals surface area contributed by atoms with Crippen LogP contribution in [-0.4, -0.2) is 29.3 Å². The number of aromatic hydroxyl groups is 1. The first-order valence-electron chi connectivity index (χ1n) is 12.5. The third-order valence-corrected chi connectivity index (χ3v) is 7.64. The van der Waals surface area contributed by atoms with E-state index in [1.165, 1.54) is 18.4 Å². The van der Waals surface area contributed by atoms with Gasteiger partial charge in [0, 0.05) is 5.69 Å². The number of amides is 1. The second-order valence-corrected chi connectivity index (χ2v) is 10.4. The Kier molecular flexibility index (Phi) is 7.77. The van der Waals surface area contributed by atoms with E-state index in [4.69, 9.17) is 21.1 Å². The van der Waals surface area contributed by atoms with Gasteiger partial charge in [0.15, 0.2) is 16.3 Å². The van der Waals surface area contributed by atoms with Gasteiger partial charge in [-0.05, 0) is 67.4 Å². The van der Waals surface area contributed by atoms with E-state index in [9.17, 15) is 14.7 Å². The molecule has 8 nitrogen and oxygen atoms in total. The predicted octanol–water partition coefficient (Wildman–Crippen LogP) is 4.64. The van der Waals surface area contributed by atoms with E-state index in [1.807, 2.05) is 49.4 Å². The molecule has 1 atom stereocenters. The van der Waals surface area contributed by atoms with Gasteiger partial charge in [-0.3, -0.25) is 14.2 Å². The minimum atomic E-state index is -0.726. The summed E-state index contributed by atoms with van der Waals surface area (Å²) in [5, 5.41) is 13.1. The van der Waals surface area contributed by atoms with Crippen LogP contribution in [0.25, 0.3) is 6.08 Å². The largest absolute Gasteiger partial charge is 0.503 e. The Balaban J connectivity index is 1.67. The average molecular weight is 576 g/mol. The Bertz CT molecular complexity index is 1790. The number of fused-ring (bicyclic) bond motifs is 1. The Morgan fingerprint density at radius 2 is 1.90 bits per heavy atom. The molecule has 0 saturated heterocycles. The second kappa shape index (κ2) is 11.4. The van der Waals surface area contributed by atoms with Gasteiger partial charge in [-0.2, -0.15) is 0 Å². The van der Waals surface area contributed by atoms with Gasteiger partial charge in [-0.1, -0.05) is 53.3 Å². The van der Waals surface area contributed by atoms with Crippen LogP contribution in [0.4, 0.5) is 5.69 Å². The lowest BCUT2D eigenvalue weighted by atomic mass is 9.95. The summed E-state index contributed by atoms with van der Waals surface area (Å²) in [6.45, 7) is 4.19. The summed E-state index contributed by atoms with van der Waals surface area (Å²) in [6.07, 6.45) is 1.66. The monoisotopic (exact) mass is 575 g/mol. The number of nitrogens with one attached hydrogen (secondary N) is 1. The lowest BCUT2D eigenvalue weighted by molar-refractivity contribution is -0.113. The first-order chi connectivity index (χ1) is 19.3. The summed E-state index contributed by atoms with van der Waals surface area (Å²) in [6, 6.07) is 18.9. The maximum atomic E-state index is 13.9. The van der Waals surface area contributed by atoms with Gasteiger partial charge < -0.3 is 19.9 Å². The van der Waals surface area contributed by atoms with Crippen molar-refractivity contribution >= 4 is 40.6 Å². The molecule has 0 aliphatic carbocycles. The zero-order chi connectivity index (χ0) is 28.4. The fraction of sp³-hybridized carbons (Fsp3) is 0.167. The first-order valence-corrected chi connectivity index (χ1v) is 13.7. The maximum Gasteiger partial charge on any atom is 0.271 e. The normalized spacial score (nSPS) is 14.9. The Morgan fingerprint density at radius 3 is 2.58 bits per heavy atom. The molecule has 2 heterocycles. The second-order valence-electron chi connectivity index (χ2n) is 8.96. The van der Waals surface area contributed by atoms with Crippen molar-refractivity contribution in [2.45, 2.75) is 19.9 Å². The number of phenols is 1. The number of halogens is 1. The van der Waals surface area contributed by atoms with Crippen molar-refractivity contribution in [2.75, 3.05) is 19.0 Å². The number of carbonyl (C=O) groups is 1. The standard InChI is InChI=1S/C30H26ClN3O5S/c1-4-39-21-12-10-19(11-13-21)26-25(28(36)33-20-8-6-5-7-9-20)17(2)32-30-34(26)29(37)24(40-30)16-18-14-22(31)27(35)23(15-18)38-3/h5-16,26,35H,4H2,1-3H3,(H,33,36)/b24-16-/t26-/m0/s1. The van der Waals surface area contributed by atoms with E-state index < -0.39 is 6.04 Å². The maximum absolute atomic E-state index is 13.9. The minimum Gasteiger partial charge on any atom is -0.503 e. The number of carbonyl (C=O) groups excluding carboxylic acids is 1. The molecule has 0 unspecified atom stereocenters. The van der Waals surface area contributed by atoms with Gasteiger partial charge in [0.25, 0.3) is 11.5 Å². The van der Waals surface area contributed by atoms with Crippen molar-refractivity contribution in [3.63, 3.8) is 0 Å². The van der Waals surface area contributed by atoms with Crippen molar-refractivity contribution < 1.29 is 19.4 Å². The van der Waals surface area contributed by atoms with Crippen LogP contribution in [0.2, 0.25) is 5.02 Å². The fourth-order valence-electron chi connectivity index (χ4n) is 4.54. The van der Waals surface area contributed by atoms with Crippen LogP contribution in [-0.2, 0) is 4.79 Å². The number of aromatic nitrogens is 1. The van der Waals surface area contributed by atoms with E-state index in [-0.39, 0.29) is 28.0 Å². The highest BCUT2D eigenvalue weighted by molar-refractivity contribution is 7.07. The molecule has 0 bridgehead atoms. The number of methoxy groups -OCH3 is 1. The number of hydrogen-bond acceptors (Lipinski definition) is 7. The molecule has 10 heteroatoms. The third kappa shape index (κ3) is 5.25. The molecule has 1 amide bonds. The quantitative estimate of drug-likeness (QED) is 0.334. The number of anilines is 1. The molecule has 40 heavy (non-hydrogen) atoms. The summed E-state index contributed by atoms with van der Waals surface area (Å²) < 4.78 is 12.7. The molecule has 0 spiro atoms. The Hall–Kier alpha value is -4.34. The Labute approximate surface area is 239 Å². The summed E-state index contributed by atoms with van der Waals surface area (Å²) in [7, 11) is 1.42. The lowest BCUT2D eigenvalue weighted by Gasteiger charge is -2.25. The molecule has 1 aromatic heterocycles. The summed E-state index contributed by atoms with van der Waals surface area (Å²) >= 11 is 7.38. The number of allylic oxidation sites excluding steroid dienone is 1. The lowest BCUT2D eigenvalue weighted by Crippen LogP contribution is -2.40. The molecule has 4 aromatic rings. The molecule has 3 aromatic carbocycles. The van der Waals surface area contributed by atoms with Crippen LogP contribution >= 0.6 is 22.9 Å². The molecule has 1 aliphatic heterocycles. The SMILES string of the molecule is CCOc1ccc([C@H]2C(C(=O)Nc3ccccc3)=C(C)N=c3s/c(=C\c4cc(Cl)c(O)c(OC)c4)c(=O)n32)cc1. The zero-order valence-corrected chi connectivity index (χ0v) is 23.5. The van der Waals surface area contributed by atoms with Crippen molar-refractivity contribution in [1.82, 2.24) is 4.57 Å². The number of phenolic OH excluding ortho intramolecular Hbond substituents is 1. The average Bonchev–Trinajstić information content (AvgIpc) is 3.24. The number of rotatable bonds is 7. The molecule has 204 valence electrons. The van der Waals surface area contributed by atoms with E-state index in [0.717, 1.165) is 5.56 Å². The van der Waals surface area contributed by atoms with E-state index in [2.05, 4.69) is 10.3 Å². The highest BCUT2D eigenvalue weighted by atomic mass is 35.5. The molecular weight excluding hydrogens is 550 g/mol. The zero-order valence-electron chi connectivity index (χ0n) is 22.0. The van der Waals surface area contributed by atoms with E-state index in [1.54, 1.807) is 41.8 Å². The van der Waals surface area contributed by atoms with Crippen LogP contribution in [0.15, 0.2) is 87.8 Å². The fourth-order valence-corrected chi connectivity index (χ4v) is 5.81. The van der Waals surface area contributed by atoms with Crippen LogP contribution in [0.3, 0.4) is 0 Å². The minimum absolute atomic E-state index is 0.0985. The van der Waals surface area contributed by atoms with Crippen molar-refractivity contribution in [3.8, 4) is 17.2 Å². The Morgan fingerprint density at radius 1 is 1.18 bits per heavy atom. The van der Waals surface area contributed by atoms with Gasteiger partial charge in [-0.25, -0.2) is 4.99 Å². The first kappa shape index (κ1) is 27.2. The van der Waals surface area contributed by atoms with Crippen LogP contribution in [0, 0.1) is 0 Å². The van der Waals surface area contributed by atoms with Gasteiger partial charge in [0.05, 0.1) is 40.6 Å². The van der Waals surface area contributed by atoms with Crippen LogP contribution in [0.5, 0.6) is 17.2 Å². The molecule has 0 fully saturated rings. The summed E-state index contributed by atoms with van der Waals surface area (Å²) in [5.41, 5.74) is 2.49. The highest BCUT2D eigenvalue weighted by Gasteiger charge is 2.32. The summed E-state index contributed by atoms with van der Waals surface area (Å²) in [5.74, 6) is 0.348. The predicted molar refractivity (Wildman–Crippen MR) is 156 cm³/mol. The van der Waals surface area contributed by atoms with Gasteiger partial charge in [0.1, 0.15) is 5.75 Å². The van der Waals surface area contributed by atoms with E-state index in [0.29, 0.717) is 44.2 Å². The molecular formula is C30H26ClN3O5S. The molecule has 1 aliphatic rings. The van der Waals surface area contributed by atoms with Gasteiger partial charge >= 0.3 is 0 Å². The van der Waals surface area contributed by atoms with Crippen molar-refractivity contribution in [1.29, 1.82) is 0 Å².